The van der Waals surface area contributed by atoms with E-state index in [2.05, 4.69) is 10.6 Å². The molecule has 1 aliphatic rings. The predicted octanol–water partition coefficient (Wildman–Crippen LogP) is 2.81. The molecule has 0 aromatic heterocycles. The first-order valence-corrected chi connectivity index (χ1v) is 8.87. The van der Waals surface area contributed by atoms with E-state index >= 15 is 0 Å². The second-order valence-corrected chi connectivity index (χ2v) is 6.82. The molecule has 0 radical (unpaired) electrons. The van der Waals surface area contributed by atoms with Crippen LogP contribution in [0.5, 0.6) is 0 Å². The summed E-state index contributed by atoms with van der Waals surface area (Å²) in [7, 11) is 0. The first kappa shape index (κ1) is 20.6. The third kappa shape index (κ3) is 5.92. The highest BCUT2D eigenvalue weighted by atomic mass is 35.5. The van der Waals surface area contributed by atoms with Crippen LogP contribution in [0.15, 0.2) is 18.2 Å². The van der Waals surface area contributed by atoms with Crippen LogP contribution in [0.2, 0.25) is 5.02 Å². The molecule has 2 N–H and O–H groups in total. The Morgan fingerprint density at radius 3 is 2.67 bits per heavy atom. The van der Waals surface area contributed by atoms with Gasteiger partial charge in [-0.3, -0.25) is 20.2 Å². The summed E-state index contributed by atoms with van der Waals surface area (Å²) in [5, 5.41) is 15.9. The lowest BCUT2D eigenvalue weighted by Crippen LogP contribution is -2.48. The zero-order chi connectivity index (χ0) is 20.0. The van der Waals surface area contributed by atoms with Gasteiger partial charge in [-0.15, -0.1) is 0 Å². The normalized spacial score (nSPS) is 19.0. The lowest BCUT2D eigenvalue weighted by Gasteiger charge is -2.29. The van der Waals surface area contributed by atoms with E-state index in [1.54, 1.807) is 0 Å². The third-order valence-electron chi connectivity index (χ3n) is 4.39. The lowest BCUT2D eigenvalue weighted by molar-refractivity contribution is -0.385. The molecule has 1 aromatic carbocycles. The van der Waals surface area contributed by atoms with Crippen LogP contribution in [-0.2, 0) is 9.53 Å². The Morgan fingerprint density at radius 1 is 1.30 bits per heavy atom. The van der Waals surface area contributed by atoms with Gasteiger partial charge in [-0.05, 0) is 30.9 Å². The van der Waals surface area contributed by atoms with E-state index in [0.717, 1.165) is 37.8 Å². The molecule has 27 heavy (non-hydrogen) atoms. The number of nitro groups is 1. The minimum absolute atomic E-state index is 0.0109. The fourth-order valence-corrected chi connectivity index (χ4v) is 3.11. The van der Waals surface area contributed by atoms with E-state index in [9.17, 15) is 24.5 Å². The highest BCUT2D eigenvalue weighted by Crippen LogP contribution is 2.24. The third-order valence-corrected chi connectivity index (χ3v) is 4.63. The molecule has 0 bridgehead atoms. The predicted molar refractivity (Wildman–Crippen MR) is 96.5 cm³/mol. The standard InChI is InChI=1S/C17H20ClN3O6/c1-10-4-2-3-5-13(10)19-17(24)20-15(22)9-27-16(23)12-8-11(18)6-7-14(12)21(25)26/h6-8,10,13H,2-5,9H2,1H3,(H2,19,20,22,24)/t10-,13+/m0/s1. The fraction of sp³-hybridized carbons (Fsp3) is 0.471. The Morgan fingerprint density at radius 2 is 2.00 bits per heavy atom. The van der Waals surface area contributed by atoms with Crippen LogP contribution in [0.3, 0.4) is 0 Å². The largest absolute Gasteiger partial charge is 0.452 e. The van der Waals surface area contributed by atoms with Crippen molar-refractivity contribution in [3.8, 4) is 0 Å². The number of carbonyl (C=O) groups is 3. The number of nitrogens with zero attached hydrogens (tertiary/aromatic N) is 1. The number of urea groups is 1. The van der Waals surface area contributed by atoms with Crippen LogP contribution in [0.25, 0.3) is 0 Å². The monoisotopic (exact) mass is 397 g/mol. The van der Waals surface area contributed by atoms with E-state index in [4.69, 9.17) is 16.3 Å². The number of esters is 1. The van der Waals surface area contributed by atoms with Crippen LogP contribution in [0.1, 0.15) is 43.0 Å². The number of halogens is 1. The Labute approximate surface area is 160 Å². The average Bonchev–Trinajstić information content (AvgIpc) is 2.61. The van der Waals surface area contributed by atoms with Crippen molar-refractivity contribution in [1.82, 2.24) is 10.6 Å². The van der Waals surface area contributed by atoms with Crippen molar-refractivity contribution in [2.45, 2.75) is 38.6 Å². The number of nitro benzene ring substituents is 1. The average molecular weight is 398 g/mol. The molecule has 0 unspecified atom stereocenters. The van der Waals surface area contributed by atoms with Gasteiger partial charge in [0.15, 0.2) is 6.61 Å². The molecular weight excluding hydrogens is 378 g/mol. The minimum atomic E-state index is -1.08. The number of hydrogen-bond acceptors (Lipinski definition) is 6. The smallest absolute Gasteiger partial charge is 0.345 e. The maximum atomic E-state index is 12.0. The zero-order valence-electron chi connectivity index (χ0n) is 14.7. The van der Waals surface area contributed by atoms with Gasteiger partial charge in [0.2, 0.25) is 0 Å². The molecule has 3 amide bonds. The number of nitrogens with one attached hydrogen (secondary N) is 2. The van der Waals surface area contributed by atoms with E-state index in [-0.39, 0.29) is 16.6 Å². The molecule has 1 aromatic rings. The summed E-state index contributed by atoms with van der Waals surface area (Å²) >= 11 is 5.74. The fourth-order valence-electron chi connectivity index (χ4n) is 2.94. The Hall–Kier alpha value is -2.68. The summed E-state index contributed by atoms with van der Waals surface area (Å²) in [6.45, 7) is 1.28. The Kier molecular flexibility index (Phi) is 7.12. The summed E-state index contributed by atoms with van der Waals surface area (Å²) in [6.07, 6.45) is 3.98. The Bertz CT molecular complexity index is 754. The molecule has 146 valence electrons. The van der Waals surface area contributed by atoms with Crippen LogP contribution < -0.4 is 10.6 Å². The second kappa shape index (κ2) is 9.31. The molecule has 10 heteroatoms. The minimum Gasteiger partial charge on any atom is -0.452 e. The van der Waals surface area contributed by atoms with E-state index in [1.165, 1.54) is 6.07 Å². The number of amides is 3. The molecule has 2 rings (SSSR count). The highest BCUT2D eigenvalue weighted by molar-refractivity contribution is 6.31. The van der Waals surface area contributed by atoms with Crippen LogP contribution in [0.4, 0.5) is 10.5 Å². The summed E-state index contributed by atoms with van der Waals surface area (Å²) in [5.41, 5.74) is -0.866. The van der Waals surface area contributed by atoms with E-state index < -0.39 is 35.1 Å². The number of rotatable bonds is 5. The second-order valence-electron chi connectivity index (χ2n) is 6.38. The van der Waals surface area contributed by atoms with Crippen molar-refractivity contribution < 1.29 is 24.0 Å². The molecule has 0 aliphatic heterocycles. The number of hydrogen-bond donors (Lipinski definition) is 2. The van der Waals surface area contributed by atoms with E-state index in [0.29, 0.717) is 5.92 Å². The lowest BCUT2D eigenvalue weighted by atomic mass is 9.86. The van der Waals surface area contributed by atoms with Gasteiger partial charge in [-0.2, -0.15) is 0 Å². The van der Waals surface area contributed by atoms with Crippen molar-refractivity contribution in [1.29, 1.82) is 0 Å². The molecule has 2 atom stereocenters. The van der Waals surface area contributed by atoms with Crippen LogP contribution >= 0.6 is 11.6 Å². The number of imide groups is 1. The van der Waals surface area contributed by atoms with Gasteiger partial charge < -0.3 is 10.1 Å². The van der Waals surface area contributed by atoms with Crippen molar-refractivity contribution in [3.63, 3.8) is 0 Å². The maximum Gasteiger partial charge on any atom is 0.345 e. The summed E-state index contributed by atoms with van der Waals surface area (Å²) in [5.74, 6) is -1.60. The SMILES string of the molecule is C[C@H]1CCCC[C@H]1NC(=O)NC(=O)COC(=O)c1cc(Cl)ccc1[N+](=O)[O-]. The first-order chi connectivity index (χ1) is 12.8. The van der Waals surface area contributed by atoms with Gasteiger partial charge in [-0.25, -0.2) is 9.59 Å². The summed E-state index contributed by atoms with van der Waals surface area (Å²) in [6, 6.07) is 2.74. The quantitative estimate of drug-likeness (QED) is 0.446. The van der Waals surface area contributed by atoms with Crippen LogP contribution in [0, 0.1) is 16.0 Å². The van der Waals surface area contributed by atoms with Crippen molar-refractivity contribution in [2.24, 2.45) is 5.92 Å². The van der Waals surface area contributed by atoms with Gasteiger partial charge in [-0.1, -0.05) is 31.4 Å². The van der Waals surface area contributed by atoms with E-state index in [1.807, 2.05) is 6.92 Å². The molecule has 0 spiro atoms. The van der Waals surface area contributed by atoms with Crippen molar-refractivity contribution in [3.05, 3.63) is 38.9 Å². The van der Waals surface area contributed by atoms with Gasteiger partial charge in [0.1, 0.15) is 5.56 Å². The first-order valence-electron chi connectivity index (χ1n) is 8.49. The molecule has 0 saturated heterocycles. The van der Waals surface area contributed by atoms with Gasteiger partial charge in [0.25, 0.3) is 11.6 Å². The van der Waals surface area contributed by atoms with Crippen LogP contribution in [-0.4, -0.2) is 35.5 Å². The number of carbonyl (C=O) groups excluding carboxylic acids is 3. The topological polar surface area (TPSA) is 128 Å². The van der Waals surface area contributed by atoms with Gasteiger partial charge >= 0.3 is 12.0 Å². The van der Waals surface area contributed by atoms with Gasteiger partial charge in [0.05, 0.1) is 4.92 Å². The summed E-state index contributed by atoms with van der Waals surface area (Å²) in [4.78, 5) is 45.9. The molecule has 9 nitrogen and oxygen atoms in total. The highest BCUT2D eigenvalue weighted by Gasteiger charge is 2.25. The molecular formula is C17H20ClN3O6. The number of ether oxygens (including phenoxy) is 1. The molecule has 0 heterocycles. The Balaban J connectivity index is 1.86. The maximum absolute atomic E-state index is 12.0. The van der Waals surface area contributed by atoms with Gasteiger partial charge in [0, 0.05) is 17.1 Å². The molecule has 1 saturated carbocycles. The number of benzene rings is 1. The molecule has 1 fully saturated rings. The zero-order valence-corrected chi connectivity index (χ0v) is 15.5. The summed E-state index contributed by atoms with van der Waals surface area (Å²) < 4.78 is 4.75. The molecule has 1 aliphatic carbocycles. The van der Waals surface area contributed by atoms with Crippen molar-refractivity contribution in [2.75, 3.05) is 6.61 Å². The van der Waals surface area contributed by atoms with Crippen molar-refractivity contribution >= 4 is 35.2 Å².